The molecule has 1 atom stereocenters. The van der Waals surface area contributed by atoms with Crippen LogP contribution < -0.4 is 4.74 Å². The van der Waals surface area contributed by atoms with E-state index in [2.05, 4.69) is 11.8 Å². The van der Waals surface area contributed by atoms with Crippen molar-refractivity contribution >= 4 is 5.97 Å². The van der Waals surface area contributed by atoms with E-state index in [1.54, 1.807) is 23.9 Å². The number of aliphatic hydroxyl groups is 1. The molecule has 1 N–H and O–H groups in total. The normalized spacial score (nSPS) is 12.1. The fraction of sp³-hybridized carbons (Fsp3) is 0.407. The van der Waals surface area contributed by atoms with Crippen molar-refractivity contribution in [2.24, 2.45) is 7.05 Å². The van der Waals surface area contributed by atoms with Crippen LogP contribution in [0.5, 0.6) is 11.6 Å². The van der Waals surface area contributed by atoms with Crippen LogP contribution in [0.4, 0.5) is 4.39 Å². The Bertz CT molecular complexity index is 1070. The first-order valence-corrected chi connectivity index (χ1v) is 12.0. The van der Waals surface area contributed by atoms with E-state index in [1.807, 2.05) is 37.3 Å². The minimum atomic E-state index is -0.819. The molecule has 0 aliphatic carbocycles. The Hall–Kier alpha value is -3.23. The number of halogens is 1. The molecule has 0 spiro atoms. The molecule has 0 unspecified atom stereocenters. The van der Waals surface area contributed by atoms with Crippen molar-refractivity contribution in [2.45, 2.75) is 45.8 Å². The summed E-state index contributed by atoms with van der Waals surface area (Å²) in [5.41, 5.74) is 2.57. The molecule has 0 aliphatic heterocycles. The van der Waals surface area contributed by atoms with E-state index in [-0.39, 0.29) is 18.4 Å². The average Bonchev–Trinajstić information content (AvgIpc) is 3.15. The van der Waals surface area contributed by atoms with Gasteiger partial charge in [0.2, 0.25) is 5.88 Å². The maximum atomic E-state index is 13.4. The van der Waals surface area contributed by atoms with Gasteiger partial charge < -0.3 is 14.6 Å². The van der Waals surface area contributed by atoms with Gasteiger partial charge in [-0.05, 0) is 43.7 Å². The summed E-state index contributed by atoms with van der Waals surface area (Å²) >= 11 is 0. The van der Waals surface area contributed by atoms with Gasteiger partial charge in [0.25, 0.3) is 0 Å². The summed E-state index contributed by atoms with van der Waals surface area (Å²) in [7, 11) is 1.81. The molecule has 3 aromatic rings. The summed E-state index contributed by atoms with van der Waals surface area (Å²) in [5.74, 6) is 0.401. The van der Waals surface area contributed by atoms with Gasteiger partial charge in [-0.15, -0.1) is 0 Å². The first kappa shape index (κ1) is 26.4. The Kier molecular flexibility index (Phi) is 9.81. The average molecular weight is 484 g/mol. The number of benzene rings is 2. The zero-order valence-corrected chi connectivity index (χ0v) is 20.6. The number of rotatable bonds is 13. The van der Waals surface area contributed by atoms with E-state index >= 15 is 0 Å². The second kappa shape index (κ2) is 13.0. The maximum Gasteiger partial charge on any atom is 0.305 e. The van der Waals surface area contributed by atoms with Crippen LogP contribution in [-0.2, 0) is 23.1 Å². The summed E-state index contributed by atoms with van der Waals surface area (Å²) in [5, 5.41) is 15.3. The first-order valence-electron chi connectivity index (χ1n) is 12.0. The lowest BCUT2D eigenvalue weighted by Crippen LogP contribution is -2.35. The van der Waals surface area contributed by atoms with Crippen molar-refractivity contribution in [3.63, 3.8) is 0 Å². The van der Waals surface area contributed by atoms with Crippen LogP contribution in [0.2, 0.25) is 0 Å². The van der Waals surface area contributed by atoms with E-state index in [1.165, 1.54) is 12.1 Å². The number of nitrogens with zero attached hydrogens (tertiary/aromatic N) is 3. The van der Waals surface area contributed by atoms with Gasteiger partial charge in [-0.3, -0.25) is 9.69 Å². The molecule has 0 aliphatic rings. The molecule has 1 heterocycles. The second-order valence-electron chi connectivity index (χ2n) is 8.50. The van der Waals surface area contributed by atoms with E-state index < -0.39 is 6.10 Å². The number of aryl methyl sites for hydroxylation is 1. The van der Waals surface area contributed by atoms with Crippen molar-refractivity contribution in [3.8, 4) is 22.9 Å². The molecule has 0 saturated carbocycles. The molecule has 188 valence electrons. The van der Waals surface area contributed by atoms with Gasteiger partial charge in [0, 0.05) is 32.1 Å². The third kappa shape index (κ3) is 7.63. The van der Waals surface area contributed by atoms with E-state index in [0.717, 1.165) is 29.8 Å². The SMILES string of the molecule is CCCC(=O)OC[C@H](O)CN(CCC)Cc1c(-c2ccccc2)nn(C)c1Oc1ccc(F)cc1. The fourth-order valence-corrected chi connectivity index (χ4v) is 3.86. The second-order valence-corrected chi connectivity index (χ2v) is 8.50. The Morgan fingerprint density at radius 3 is 2.49 bits per heavy atom. The Morgan fingerprint density at radius 2 is 1.83 bits per heavy atom. The minimum Gasteiger partial charge on any atom is -0.463 e. The molecule has 7 nitrogen and oxygen atoms in total. The lowest BCUT2D eigenvalue weighted by molar-refractivity contribution is -0.147. The minimum absolute atomic E-state index is 0.0451. The fourth-order valence-electron chi connectivity index (χ4n) is 3.86. The molecule has 8 heteroatoms. The van der Waals surface area contributed by atoms with Gasteiger partial charge in [-0.2, -0.15) is 5.10 Å². The van der Waals surface area contributed by atoms with Crippen LogP contribution in [0, 0.1) is 5.82 Å². The van der Waals surface area contributed by atoms with Gasteiger partial charge in [-0.1, -0.05) is 44.2 Å². The highest BCUT2D eigenvalue weighted by atomic mass is 19.1. The molecule has 35 heavy (non-hydrogen) atoms. The molecule has 0 fully saturated rings. The van der Waals surface area contributed by atoms with Gasteiger partial charge in [-0.25, -0.2) is 9.07 Å². The van der Waals surface area contributed by atoms with Crippen molar-refractivity contribution < 1.29 is 23.8 Å². The lowest BCUT2D eigenvalue weighted by atomic mass is 10.1. The van der Waals surface area contributed by atoms with Gasteiger partial charge in [0.05, 0.1) is 5.56 Å². The smallest absolute Gasteiger partial charge is 0.305 e. The largest absolute Gasteiger partial charge is 0.463 e. The summed E-state index contributed by atoms with van der Waals surface area (Å²) < 4.78 is 26.4. The van der Waals surface area contributed by atoms with Crippen molar-refractivity contribution in [2.75, 3.05) is 19.7 Å². The molecule has 0 radical (unpaired) electrons. The predicted molar refractivity (Wildman–Crippen MR) is 133 cm³/mol. The summed E-state index contributed by atoms with van der Waals surface area (Å²) in [6.07, 6.45) is 1.10. The number of aromatic nitrogens is 2. The maximum absolute atomic E-state index is 13.4. The van der Waals surface area contributed by atoms with Gasteiger partial charge >= 0.3 is 5.97 Å². The van der Waals surface area contributed by atoms with Crippen molar-refractivity contribution in [1.82, 2.24) is 14.7 Å². The predicted octanol–water partition coefficient (Wildman–Crippen LogP) is 4.93. The molecule has 3 rings (SSSR count). The quantitative estimate of drug-likeness (QED) is 0.347. The van der Waals surface area contributed by atoms with E-state index in [0.29, 0.717) is 37.6 Å². The zero-order chi connectivity index (χ0) is 25.2. The highest BCUT2D eigenvalue weighted by molar-refractivity contribution is 5.69. The van der Waals surface area contributed by atoms with Crippen LogP contribution in [0.25, 0.3) is 11.3 Å². The number of aliphatic hydroxyl groups excluding tert-OH is 1. The highest BCUT2D eigenvalue weighted by Crippen LogP contribution is 2.34. The van der Waals surface area contributed by atoms with Crippen molar-refractivity contribution in [1.29, 1.82) is 0 Å². The summed E-state index contributed by atoms with van der Waals surface area (Å²) in [6, 6.07) is 15.7. The number of esters is 1. The molecular weight excluding hydrogens is 449 g/mol. The number of carbonyl (C=O) groups excluding carboxylic acids is 1. The van der Waals surface area contributed by atoms with Crippen LogP contribution in [-0.4, -0.2) is 51.6 Å². The Morgan fingerprint density at radius 1 is 1.11 bits per heavy atom. The molecule has 0 amide bonds. The molecule has 1 aromatic heterocycles. The lowest BCUT2D eigenvalue weighted by Gasteiger charge is -2.25. The number of hydrogen-bond acceptors (Lipinski definition) is 6. The number of carbonyl (C=O) groups is 1. The molecular formula is C27H34FN3O4. The Labute approximate surface area is 206 Å². The monoisotopic (exact) mass is 483 g/mol. The third-order valence-electron chi connectivity index (χ3n) is 5.44. The standard InChI is InChI=1S/C27H34FN3O4/c1-4-9-25(33)34-19-22(32)17-31(16-5-2)18-24-26(20-10-7-6-8-11-20)29-30(3)27(24)35-23-14-12-21(28)13-15-23/h6-8,10-15,22,32H,4-5,9,16-19H2,1-3H3/t22-/m1/s1. The number of ether oxygens (including phenoxy) is 2. The zero-order valence-electron chi connectivity index (χ0n) is 20.6. The first-order chi connectivity index (χ1) is 16.9. The third-order valence-corrected chi connectivity index (χ3v) is 5.44. The van der Waals surface area contributed by atoms with E-state index in [9.17, 15) is 14.3 Å². The topological polar surface area (TPSA) is 76.8 Å². The van der Waals surface area contributed by atoms with Crippen LogP contribution in [0.15, 0.2) is 54.6 Å². The van der Waals surface area contributed by atoms with Crippen LogP contribution in [0.3, 0.4) is 0 Å². The Balaban J connectivity index is 1.87. The van der Waals surface area contributed by atoms with Crippen LogP contribution >= 0.6 is 0 Å². The van der Waals surface area contributed by atoms with Gasteiger partial charge in [0.15, 0.2) is 0 Å². The molecule has 2 aromatic carbocycles. The van der Waals surface area contributed by atoms with Gasteiger partial charge in [0.1, 0.15) is 30.0 Å². The van der Waals surface area contributed by atoms with E-state index in [4.69, 9.17) is 14.6 Å². The summed E-state index contributed by atoms with van der Waals surface area (Å²) in [6.45, 7) is 5.44. The van der Waals surface area contributed by atoms with Crippen LogP contribution in [0.1, 0.15) is 38.7 Å². The molecule has 0 bridgehead atoms. The number of hydrogen-bond donors (Lipinski definition) is 1. The van der Waals surface area contributed by atoms with Crippen molar-refractivity contribution in [3.05, 3.63) is 66.0 Å². The molecule has 0 saturated heterocycles. The summed E-state index contributed by atoms with van der Waals surface area (Å²) in [4.78, 5) is 13.8. The highest BCUT2D eigenvalue weighted by Gasteiger charge is 2.23.